The molecule has 2 nitrogen and oxygen atoms in total. The Morgan fingerprint density at radius 1 is 0.467 bits per heavy atom. The number of hydrogen-bond acceptors (Lipinski definition) is 5. The summed E-state index contributed by atoms with van der Waals surface area (Å²) in [5, 5.41) is 3.47. The largest absolute Gasteiger partial charge is 0.289 e. The molecule has 0 N–H and O–H groups in total. The molecular weight excluding hydrogens is 652 g/mol. The zero-order valence-electron chi connectivity index (χ0n) is 23.5. The number of benzene rings is 6. The second-order valence-electron chi connectivity index (χ2n) is 10.5. The molecule has 0 saturated heterocycles. The molecule has 2 aromatic heterocycles. The van der Waals surface area contributed by atoms with Gasteiger partial charge in [0.15, 0.2) is 25.5 Å². The van der Waals surface area contributed by atoms with E-state index in [1.807, 2.05) is 48.5 Å². The highest BCUT2D eigenvalue weighted by Gasteiger charge is 2.29. The Hall–Kier alpha value is -3.91. The molecule has 0 aliphatic carbocycles. The number of hydrogen-bond donors (Lipinski definition) is 0. The first-order valence-corrected chi connectivity index (χ1v) is 18.3. The fraction of sp³-hybridized carbons (Fsp3) is 0. The predicted octanol–water partition coefficient (Wildman–Crippen LogP) is 11.0. The van der Waals surface area contributed by atoms with E-state index >= 15 is 0 Å². The van der Waals surface area contributed by atoms with Gasteiger partial charge in [0.05, 0.1) is 10.9 Å². The Morgan fingerprint density at radius 2 is 1.00 bits per heavy atom. The van der Waals surface area contributed by atoms with Gasteiger partial charge < -0.3 is 0 Å². The van der Waals surface area contributed by atoms with Gasteiger partial charge in [0, 0.05) is 61.2 Å². The molecule has 0 amide bonds. The molecule has 0 fully saturated rings. The van der Waals surface area contributed by atoms with E-state index in [-0.39, 0.29) is 10.9 Å². The fourth-order valence-electron chi connectivity index (χ4n) is 5.53. The molecule has 8 rings (SSSR count). The van der Waals surface area contributed by atoms with Crippen LogP contribution in [0, 0.1) is 0 Å². The first kappa shape index (κ1) is 28.6. The lowest BCUT2D eigenvalue weighted by molar-refractivity contribution is 1.29. The van der Waals surface area contributed by atoms with E-state index in [1.54, 1.807) is 40.5 Å². The smallest absolute Gasteiger partial charge is 0.196 e. The maximum Gasteiger partial charge on any atom is 0.196 e. The molecule has 1 unspecified atom stereocenters. The molecule has 0 aliphatic rings. The van der Waals surface area contributed by atoms with E-state index < -0.39 is 10.9 Å². The van der Waals surface area contributed by atoms with Gasteiger partial charge in [-0.05, 0) is 97.1 Å². The molecule has 45 heavy (non-hydrogen) atoms. The van der Waals surface area contributed by atoms with Crippen LogP contribution in [0.25, 0.3) is 40.3 Å². The van der Waals surface area contributed by atoms with Crippen LogP contribution in [0.4, 0.5) is 0 Å². The van der Waals surface area contributed by atoms with Crippen LogP contribution in [0.2, 0.25) is 5.02 Å². The van der Waals surface area contributed by atoms with E-state index in [9.17, 15) is 9.59 Å². The molecule has 0 aliphatic heterocycles. The summed E-state index contributed by atoms with van der Waals surface area (Å²) in [6.07, 6.45) is 0. The van der Waals surface area contributed by atoms with Crippen LogP contribution >= 0.6 is 46.0 Å². The third-order valence-electron chi connectivity index (χ3n) is 7.66. The van der Waals surface area contributed by atoms with Gasteiger partial charge in [-0.25, -0.2) is 0 Å². The second kappa shape index (κ2) is 11.8. The Labute approximate surface area is 278 Å². The molecule has 216 valence electrons. The van der Waals surface area contributed by atoms with Crippen molar-refractivity contribution in [2.75, 3.05) is 0 Å². The third kappa shape index (κ3) is 5.37. The maximum absolute atomic E-state index is 13.6. The third-order valence-corrected chi connectivity index (χ3v) is 13.4. The van der Waals surface area contributed by atoms with Crippen LogP contribution in [0.3, 0.4) is 0 Å². The lowest BCUT2D eigenvalue weighted by atomic mass is 10.2. The van der Waals surface area contributed by atoms with Gasteiger partial charge in [-0.15, -0.1) is 22.7 Å². The number of rotatable bonds is 5. The summed E-state index contributed by atoms with van der Waals surface area (Å²) in [6, 6.07) is 44.9. The van der Waals surface area contributed by atoms with Crippen molar-refractivity contribution in [1.82, 2.24) is 0 Å². The summed E-state index contributed by atoms with van der Waals surface area (Å²) in [6.45, 7) is 0. The van der Waals surface area contributed by atoms with Gasteiger partial charge in [-0.2, -0.15) is 0 Å². The molecule has 2 heterocycles. The molecule has 0 spiro atoms. The van der Waals surface area contributed by atoms with Gasteiger partial charge >= 0.3 is 0 Å². The van der Waals surface area contributed by atoms with E-state index in [4.69, 9.17) is 11.6 Å². The first-order chi connectivity index (χ1) is 22.0. The standard InChI is InChI=1S/C38H22ClO2S4/c39-23-10-17-34-30(20-23)38(41)32-22-28(16-19-36(32)44-34)45(26-6-2-1-3-7-26)27-14-11-24(12-15-27)42-25-13-18-35-31(21-25)37(40)29-8-4-5-9-33(29)43-35/h1-22H/q+1. The van der Waals surface area contributed by atoms with Crippen molar-refractivity contribution < 1.29 is 0 Å². The summed E-state index contributed by atoms with van der Waals surface area (Å²) in [4.78, 5) is 32.4. The normalized spacial score (nSPS) is 12.3. The average Bonchev–Trinajstić information content (AvgIpc) is 3.07. The number of halogens is 1. The average molecular weight is 674 g/mol. The van der Waals surface area contributed by atoms with Crippen molar-refractivity contribution in [3.05, 3.63) is 159 Å². The Balaban J connectivity index is 1.17. The topological polar surface area (TPSA) is 34.1 Å². The molecule has 1 atom stereocenters. The van der Waals surface area contributed by atoms with Crippen LogP contribution in [0.1, 0.15) is 0 Å². The van der Waals surface area contributed by atoms with Gasteiger partial charge in [-0.1, -0.05) is 53.7 Å². The van der Waals surface area contributed by atoms with Crippen molar-refractivity contribution in [1.29, 1.82) is 0 Å². The van der Waals surface area contributed by atoms with Crippen LogP contribution in [0.5, 0.6) is 0 Å². The maximum atomic E-state index is 13.6. The lowest BCUT2D eigenvalue weighted by Crippen LogP contribution is -2.07. The summed E-state index contributed by atoms with van der Waals surface area (Å²) < 4.78 is 3.91. The van der Waals surface area contributed by atoms with Crippen molar-refractivity contribution >= 4 is 97.3 Å². The zero-order chi connectivity index (χ0) is 30.5. The van der Waals surface area contributed by atoms with Crippen LogP contribution in [0.15, 0.2) is 168 Å². The highest BCUT2D eigenvalue weighted by Crippen LogP contribution is 2.37. The molecule has 7 heteroatoms. The van der Waals surface area contributed by atoms with Gasteiger partial charge in [0.25, 0.3) is 0 Å². The Kier molecular flexibility index (Phi) is 7.48. The minimum absolute atomic E-state index is 0.0110. The van der Waals surface area contributed by atoms with Gasteiger partial charge in [0.1, 0.15) is 0 Å². The van der Waals surface area contributed by atoms with Crippen LogP contribution in [-0.2, 0) is 10.9 Å². The van der Waals surface area contributed by atoms with E-state index in [1.165, 1.54) is 9.79 Å². The van der Waals surface area contributed by atoms with E-state index in [0.29, 0.717) is 10.4 Å². The Morgan fingerprint density at radius 3 is 1.78 bits per heavy atom. The highest BCUT2D eigenvalue weighted by atomic mass is 35.5. The fourth-order valence-corrected chi connectivity index (χ4v) is 10.7. The summed E-state index contributed by atoms with van der Waals surface area (Å²) >= 11 is 11.2. The minimum atomic E-state index is -0.416. The lowest BCUT2D eigenvalue weighted by Gasteiger charge is -2.10. The summed E-state index contributed by atoms with van der Waals surface area (Å²) in [5.41, 5.74) is 0.0921. The molecule has 6 aromatic carbocycles. The quantitative estimate of drug-likeness (QED) is 0.135. The van der Waals surface area contributed by atoms with E-state index in [2.05, 4.69) is 78.9 Å². The summed E-state index contributed by atoms with van der Waals surface area (Å²) in [7, 11) is -0.416. The molecule has 0 radical (unpaired) electrons. The Bertz CT molecular complexity index is 2520. The SMILES string of the molecule is O=c1c2ccccc2sc2ccc(Sc3ccc([S+](c4ccccc4)c4ccc5sc6ccc(Cl)cc6c(=O)c5c4)cc3)cc12. The first-order valence-electron chi connectivity index (χ1n) is 14.2. The zero-order valence-corrected chi connectivity index (χ0v) is 27.6. The molecular formula is C38H22ClO2S4+. The number of fused-ring (bicyclic) bond motifs is 4. The van der Waals surface area contributed by atoms with Gasteiger partial charge in [0.2, 0.25) is 0 Å². The van der Waals surface area contributed by atoms with Gasteiger partial charge in [-0.3, -0.25) is 9.59 Å². The van der Waals surface area contributed by atoms with Crippen molar-refractivity contribution in [2.45, 2.75) is 24.5 Å². The van der Waals surface area contributed by atoms with Crippen molar-refractivity contribution in [3.8, 4) is 0 Å². The molecule has 0 saturated carbocycles. The van der Waals surface area contributed by atoms with E-state index in [0.717, 1.165) is 49.6 Å². The predicted molar refractivity (Wildman–Crippen MR) is 195 cm³/mol. The summed E-state index contributed by atoms with van der Waals surface area (Å²) in [5.74, 6) is 0. The monoisotopic (exact) mass is 673 g/mol. The minimum Gasteiger partial charge on any atom is -0.289 e. The van der Waals surface area contributed by atoms with Crippen molar-refractivity contribution in [2.24, 2.45) is 0 Å². The molecule has 0 bridgehead atoms. The highest BCUT2D eigenvalue weighted by molar-refractivity contribution is 7.99. The van der Waals surface area contributed by atoms with Crippen LogP contribution in [-0.4, -0.2) is 0 Å². The molecule has 8 aromatic rings. The van der Waals surface area contributed by atoms with Crippen LogP contribution < -0.4 is 10.9 Å². The van der Waals surface area contributed by atoms with Crippen molar-refractivity contribution in [3.63, 3.8) is 0 Å². The second-order valence-corrected chi connectivity index (χ2v) is 16.3.